The maximum Gasteiger partial charge on any atom is 0.0345 e. The molecule has 17 heavy (non-hydrogen) atoms. The highest BCUT2D eigenvalue weighted by atomic mass is 35.5. The van der Waals surface area contributed by atoms with E-state index in [4.69, 9.17) is 0 Å². The smallest absolute Gasteiger partial charge is 0.0345 e. The van der Waals surface area contributed by atoms with Crippen molar-refractivity contribution in [3.05, 3.63) is 35.2 Å². The summed E-state index contributed by atoms with van der Waals surface area (Å²) in [6.45, 7) is 4.73. The van der Waals surface area contributed by atoms with Crippen LogP contribution in [0.15, 0.2) is 30.3 Å². The van der Waals surface area contributed by atoms with Crippen molar-refractivity contribution in [2.45, 2.75) is 25.2 Å². The van der Waals surface area contributed by atoms with E-state index in [1.54, 1.807) is 4.88 Å². The minimum absolute atomic E-state index is 0. The molecule has 0 amide bonds. The van der Waals surface area contributed by atoms with Gasteiger partial charge in [-0.05, 0) is 43.5 Å². The minimum Gasteiger partial charge on any atom is -0.317 e. The largest absolute Gasteiger partial charge is 0.317 e. The molecule has 0 spiro atoms. The highest BCUT2D eigenvalue weighted by Gasteiger charge is 2.30. The molecular weight excluding hydrogens is 250 g/mol. The van der Waals surface area contributed by atoms with Gasteiger partial charge in [-0.15, -0.1) is 23.7 Å². The van der Waals surface area contributed by atoms with E-state index in [1.807, 2.05) is 11.3 Å². The van der Waals surface area contributed by atoms with Crippen LogP contribution < -0.4 is 5.32 Å². The van der Waals surface area contributed by atoms with Gasteiger partial charge in [0, 0.05) is 15.0 Å². The van der Waals surface area contributed by atoms with E-state index in [2.05, 4.69) is 42.6 Å². The summed E-state index contributed by atoms with van der Waals surface area (Å²) in [5, 5.41) is 4.85. The van der Waals surface area contributed by atoms with Crippen molar-refractivity contribution in [3.63, 3.8) is 0 Å². The molecule has 1 N–H and O–H groups in total. The van der Waals surface area contributed by atoms with Crippen molar-refractivity contribution in [3.8, 4) is 0 Å². The van der Waals surface area contributed by atoms with Crippen molar-refractivity contribution in [2.75, 3.05) is 13.1 Å². The quantitative estimate of drug-likeness (QED) is 0.825. The molecule has 0 unspecified atom stereocenters. The monoisotopic (exact) mass is 267 g/mol. The first-order chi connectivity index (χ1) is 7.78. The fourth-order valence-electron chi connectivity index (χ4n) is 2.50. The van der Waals surface area contributed by atoms with Crippen LogP contribution in [0.2, 0.25) is 0 Å². The van der Waals surface area contributed by atoms with E-state index < -0.39 is 0 Å². The van der Waals surface area contributed by atoms with E-state index in [0.717, 1.165) is 13.1 Å². The van der Waals surface area contributed by atoms with Gasteiger partial charge in [-0.25, -0.2) is 0 Å². The van der Waals surface area contributed by atoms with Crippen LogP contribution in [0.25, 0.3) is 10.1 Å². The summed E-state index contributed by atoms with van der Waals surface area (Å²) in [6.07, 6.45) is 2.53. The molecule has 3 rings (SSSR count). The fraction of sp³-hybridized carbons (Fsp3) is 0.429. The molecule has 0 saturated carbocycles. The number of hydrogen-bond donors (Lipinski definition) is 1. The van der Waals surface area contributed by atoms with Crippen LogP contribution in [0.4, 0.5) is 0 Å². The van der Waals surface area contributed by atoms with Crippen LogP contribution in [-0.4, -0.2) is 13.1 Å². The van der Waals surface area contributed by atoms with E-state index in [0.29, 0.717) is 5.41 Å². The Hall–Kier alpha value is -0.570. The van der Waals surface area contributed by atoms with Gasteiger partial charge in [0.05, 0.1) is 0 Å². The van der Waals surface area contributed by atoms with Crippen LogP contribution in [-0.2, 0) is 5.41 Å². The lowest BCUT2D eigenvalue weighted by atomic mass is 9.79. The number of benzene rings is 1. The van der Waals surface area contributed by atoms with Gasteiger partial charge in [0.15, 0.2) is 0 Å². The lowest BCUT2D eigenvalue weighted by molar-refractivity contribution is 0.341. The zero-order valence-electron chi connectivity index (χ0n) is 10.0. The molecule has 0 aliphatic carbocycles. The number of nitrogens with one attached hydrogen (secondary N) is 1. The van der Waals surface area contributed by atoms with Gasteiger partial charge in [-0.3, -0.25) is 0 Å². The molecule has 1 aliphatic rings. The number of hydrogen-bond acceptors (Lipinski definition) is 2. The van der Waals surface area contributed by atoms with Crippen molar-refractivity contribution in [1.29, 1.82) is 0 Å². The second-order valence-corrected chi connectivity index (χ2v) is 6.04. The van der Waals surface area contributed by atoms with Gasteiger partial charge >= 0.3 is 0 Å². The van der Waals surface area contributed by atoms with Crippen LogP contribution in [0.1, 0.15) is 24.6 Å². The Morgan fingerprint density at radius 1 is 1.18 bits per heavy atom. The molecule has 2 heterocycles. The molecule has 1 aromatic carbocycles. The first-order valence-corrected chi connectivity index (χ1v) is 6.79. The highest BCUT2D eigenvalue weighted by Crippen LogP contribution is 2.39. The van der Waals surface area contributed by atoms with Gasteiger partial charge in [0.25, 0.3) is 0 Å². The lowest BCUT2D eigenvalue weighted by Gasteiger charge is -2.33. The fourth-order valence-corrected chi connectivity index (χ4v) is 3.77. The summed E-state index contributed by atoms with van der Waals surface area (Å²) in [5.41, 5.74) is 0.398. The molecule has 1 saturated heterocycles. The predicted molar refractivity (Wildman–Crippen MR) is 78.5 cm³/mol. The second kappa shape index (κ2) is 4.97. The Balaban J connectivity index is 0.00000108. The minimum atomic E-state index is 0. The molecular formula is C14H18ClNS. The summed E-state index contributed by atoms with van der Waals surface area (Å²) >= 11 is 1.97. The molecule has 0 atom stereocenters. The summed E-state index contributed by atoms with van der Waals surface area (Å²) in [4.78, 5) is 1.57. The highest BCUT2D eigenvalue weighted by molar-refractivity contribution is 7.19. The SMILES string of the molecule is CC1(c2cc3ccccc3s2)CCNCC1.Cl. The van der Waals surface area contributed by atoms with E-state index in [-0.39, 0.29) is 12.4 Å². The topological polar surface area (TPSA) is 12.0 Å². The summed E-state index contributed by atoms with van der Waals surface area (Å²) in [5.74, 6) is 0. The third kappa shape index (κ3) is 2.35. The summed E-state index contributed by atoms with van der Waals surface area (Å²) < 4.78 is 1.43. The average molecular weight is 268 g/mol. The zero-order chi connectivity index (χ0) is 11.0. The van der Waals surface area contributed by atoms with Gasteiger partial charge in [0.1, 0.15) is 0 Å². The normalized spacial score (nSPS) is 18.9. The Morgan fingerprint density at radius 2 is 1.88 bits per heavy atom. The molecule has 92 valence electrons. The zero-order valence-corrected chi connectivity index (χ0v) is 11.7. The average Bonchev–Trinajstić information content (AvgIpc) is 2.74. The van der Waals surface area contributed by atoms with E-state index in [9.17, 15) is 0 Å². The first-order valence-electron chi connectivity index (χ1n) is 5.98. The van der Waals surface area contributed by atoms with E-state index >= 15 is 0 Å². The van der Waals surface area contributed by atoms with Crippen molar-refractivity contribution in [1.82, 2.24) is 5.32 Å². The third-order valence-corrected chi connectivity index (χ3v) is 5.15. The molecule has 1 aromatic heterocycles. The number of halogens is 1. The van der Waals surface area contributed by atoms with E-state index in [1.165, 1.54) is 22.9 Å². The number of rotatable bonds is 1. The number of thiophene rings is 1. The second-order valence-electron chi connectivity index (χ2n) is 4.96. The first kappa shape index (κ1) is 12.9. The summed E-state index contributed by atoms with van der Waals surface area (Å²) in [7, 11) is 0. The molecule has 1 nitrogen and oxygen atoms in total. The Morgan fingerprint density at radius 3 is 2.59 bits per heavy atom. The van der Waals surface area contributed by atoms with Crippen LogP contribution in [0.5, 0.6) is 0 Å². The van der Waals surface area contributed by atoms with Crippen LogP contribution >= 0.6 is 23.7 Å². The van der Waals surface area contributed by atoms with Crippen LogP contribution in [0, 0.1) is 0 Å². The van der Waals surface area contributed by atoms with Crippen molar-refractivity contribution < 1.29 is 0 Å². The Labute approximate surface area is 113 Å². The Kier molecular flexibility index (Phi) is 3.76. The van der Waals surface area contributed by atoms with Crippen molar-refractivity contribution in [2.24, 2.45) is 0 Å². The van der Waals surface area contributed by atoms with Gasteiger partial charge in [-0.1, -0.05) is 25.1 Å². The third-order valence-electron chi connectivity index (χ3n) is 3.73. The molecule has 1 aliphatic heterocycles. The van der Waals surface area contributed by atoms with Crippen molar-refractivity contribution >= 4 is 33.8 Å². The lowest BCUT2D eigenvalue weighted by Crippen LogP contribution is -2.37. The molecule has 0 bridgehead atoms. The van der Waals surface area contributed by atoms with Crippen LogP contribution in [0.3, 0.4) is 0 Å². The van der Waals surface area contributed by atoms with Gasteiger partial charge < -0.3 is 5.32 Å². The van der Waals surface area contributed by atoms with Gasteiger partial charge in [0.2, 0.25) is 0 Å². The summed E-state index contributed by atoms with van der Waals surface area (Å²) in [6, 6.07) is 11.1. The molecule has 2 aromatic rings. The molecule has 0 radical (unpaired) electrons. The number of fused-ring (bicyclic) bond motifs is 1. The maximum atomic E-state index is 3.45. The molecule has 1 fully saturated rings. The maximum absolute atomic E-state index is 3.45. The Bertz CT molecular complexity index is 467. The standard InChI is InChI=1S/C14H17NS.ClH/c1-14(6-8-15-9-7-14)13-10-11-4-2-3-5-12(11)16-13;/h2-5,10,15H,6-9H2,1H3;1H. The predicted octanol–water partition coefficient (Wildman–Crippen LogP) is 3.96. The molecule has 3 heteroatoms. The number of piperidine rings is 1. The van der Waals surface area contributed by atoms with Gasteiger partial charge in [-0.2, -0.15) is 0 Å².